The molecule has 13 rings (SSSR count). The fourth-order valence-electron chi connectivity index (χ4n) is 9.91. The summed E-state index contributed by atoms with van der Waals surface area (Å²) in [5.41, 5.74) is 16.3. The van der Waals surface area contributed by atoms with Crippen LogP contribution in [0, 0.1) is 0 Å². The minimum atomic E-state index is 0.860. The van der Waals surface area contributed by atoms with E-state index < -0.39 is 0 Å². The summed E-state index contributed by atoms with van der Waals surface area (Å²) in [6.45, 7) is 0. The van der Waals surface area contributed by atoms with Gasteiger partial charge in [-0.2, -0.15) is 0 Å². The molecule has 0 aliphatic heterocycles. The van der Waals surface area contributed by atoms with Gasteiger partial charge < -0.3 is 18.3 Å². The van der Waals surface area contributed by atoms with Crippen molar-refractivity contribution in [1.82, 2.24) is 4.57 Å². The summed E-state index contributed by atoms with van der Waals surface area (Å²) in [4.78, 5) is 2.43. The normalized spacial score (nSPS) is 11.8. The summed E-state index contributed by atoms with van der Waals surface area (Å²) in [5, 5.41) is 6.79. The van der Waals surface area contributed by atoms with E-state index in [2.05, 4.69) is 228 Å². The summed E-state index contributed by atoms with van der Waals surface area (Å²) in [6, 6.07) is 82.3. The van der Waals surface area contributed by atoms with Gasteiger partial charge in [0.05, 0.1) is 16.7 Å². The van der Waals surface area contributed by atoms with Crippen LogP contribution < -0.4 is 4.90 Å². The van der Waals surface area contributed by atoms with Crippen molar-refractivity contribution in [3.63, 3.8) is 0 Å². The minimum absolute atomic E-state index is 0.860. The Labute approximate surface area is 369 Å². The van der Waals surface area contributed by atoms with E-state index in [1.165, 1.54) is 16.3 Å². The van der Waals surface area contributed by atoms with Gasteiger partial charge in [0, 0.05) is 66.1 Å². The molecular formula is C60H38N2O2. The lowest BCUT2D eigenvalue weighted by Crippen LogP contribution is -2.12. The smallest absolute Gasteiger partial charge is 0.143 e. The van der Waals surface area contributed by atoms with Crippen LogP contribution >= 0.6 is 0 Å². The first kappa shape index (κ1) is 36.1. The van der Waals surface area contributed by atoms with E-state index in [1.54, 1.807) is 0 Å². The Bertz CT molecular complexity index is 3780. The Hall–Kier alpha value is -8.60. The number of furan rings is 2. The van der Waals surface area contributed by atoms with E-state index in [-0.39, 0.29) is 0 Å². The molecule has 0 spiro atoms. The first-order valence-electron chi connectivity index (χ1n) is 21.7. The van der Waals surface area contributed by atoms with E-state index in [4.69, 9.17) is 8.83 Å². The van der Waals surface area contributed by atoms with Crippen molar-refractivity contribution in [3.8, 4) is 39.1 Å². The van der Waals surface area contributed by atoms with Crippen LogP contribution in [0.25, 0.3) is 105 Å². The topological polar surface area (TPSA) is 34.5 Å². The number of para-hydroxylation sites is 7. The first-order chi connectivity index (χ1) is 31.7. The molecule has 0 radical (unpaired) electrons. The van der Waals surface area contributed by atoms with Crippen molar-refractivity contribution in [3.05, 3.63) is 231 Å². The zero-order valence-corrected chi connectivity index (χ0v) is 34.7. The lowest BCUT2D eigenvalue weighted by atomic mass is 9.94. The van der Waals surface area contributed by atoms with Crippen LogP contribution in [0.15, 0.2) is 239 Å². The fraction of sp³-hybridized carbons (Fsp3) is 0. The Morgan fingerprint density at radius 1 is 0.312 bits per heavy atom. The maximum atomic E-state index is 6.74. The molecule has 300 valence electrons. The van der Waals surface area contributed by atoms with Crippen LogP contribution in [0.3, 0.4) is 0 Å². The third-order valence-corrected chi connectivity index (χ3v) is 12.8. The molecule has 3 heterocycles. The van der Waals surface area contributed by atoms with Crippen molar-refractivity contribution in [1.29, 1.82) is 0 Å². The highest BCUT2D eigenvalue weighted by molar-refractivity contribution is 6.13. The van der Waals surface area contributed by atoms with Crippen molar-refractivity contribution >= 4 is 82.7 Å². The van der Waals surface area contributed by atoms with E-state index >= 15 is 0 Å². The van der Waals surface area contributed by atoms with Crippen LogP contribution in [-0.2, 0) is 0 Å². The molecule has 4 heteroatoms. The van der Waals surface area contributed by atoms with Crippen LogP contribution in [0.5, 0.6) is 0 Å². The van der Waals surface area contributed by atoms with Gasteiger partial charge in [0.25, 0.3) is 0 Å². The summed E-state index contributed by atoms with van der Waals surface area (Å²) < 4.78 is 15.9. The highest BCUT2D eigenvalue weighted by atomic mass is 16.3. The standard InChI is InChI=1S/C60H38N2O2/c1-3-17-39(18-4-1)45-21-7-11-29-54(45)61(43-33-34-49-48-22-8-12-30-55(48)62(56(49)38-43)42-19-5-2-6-20-42)44-36-40(46-25-15-27-52-50-23-9-13-31-57(50)63-59(46)52)35-41(37-44)47-26-16-28-53-51-24-10-14-32-58(51)64-60(47)53/h1-38H. The predicted molar refractivity (Wildman–Crippen MR) is 266 cm³/mol. The maximum Gasteiger partial charge on any atom is 0.143 e. The lowest BCUT2D eigenvalue weighted by Gasteiger charge is -2.29. The quantitative estimate of drug-likeness (QED) is 0.161. The maximum absolute atomic E-state index is 6.74. The molecule has 0 N–H and O–H groups in total. The molecule has 10 aromatic carbocycles. The van der Waals surface area contributed by atoms with E-state index in [1.807, 2.05) is 12.1 Å². The summed E-state index contributed by atoms with van der Waals surface area (Å²) in [7, 11) is 0. The number of anilines is 3. The second-order valence-electron chi connectivity index (χ2n) is 16.4. The molecule has 0 saturated heterocycles. The molecule has 64 heavy (non-hydrogen) atoms. The van der Waals surface area contributed by atoms with Gasteiger partial charge in [0.2, 0.25) is 0 Å². The summed E-state index contributed by atoms with van der Waals surface area (Å²) in [6.07, 6.45) is 0. The van der Waals surface area contributed by atoms with E-state index in [9.17, 15) is 0 Å². The molecule has 3 aromatic heterocycles. The SMILES string of the molecule is c1ccc(-c2ccccc2N(c2cc(-c3cccc4c3oc3ccccc34)cc(-c3cccc4c3oc3ccccc34)c2)c2ccc3c4ccccc4n(-c4ccccc4)c3c2)cc1. The number of benzene rings is 10. The Kier molecular flexibility index (Phi) is 8.18. The molecule has 0 saturated carbocycles. The average Bonchev–Trinajstić information content (AvgIpc) is 4.04. The monoisotopic (exact) mass is 818 g/mol. The van der Waals surface area contributed by atoms with Gasteiger partial charge in [-0.1, -0.05) is 164 Å². The van der Waals surface area contributed by atoms with Crippen LogP contribution in [0.2, 0.25) is 0 Å². The van der Waals surface area contributed by atoms with Crippen molar-refractivity contribution in [2.24, 2.45) is 0 Å². The van der Waals surface area contributed by atoms with Crippen LogP contribution in [0.4, 0.5) is 17.1 Å². The Morgan fingerprint density at radius 2 is 0.828 bits per heavy atom. The summed E-state index contributed by atoms with van der Waals surface area (Å²) in [5.74, 6) is 0. The second-order valence-corrected chi connectivity index (χ2v) is 16.4. The van der Waals surface area contributed by atoms with Gasteiger partial charge in [-0.05, 0) is 83.4 Å². The molecule has 0 bridgehead atoms. The zero-order chi connectivity index (χ0) is 42.1. The van der Waals surface area contributed by atoms with Crippen LogP contribution in [-0.4, -0.2) is 4.57 Å². The van der Waals surface area contributed by atoms with Crippen molar-refractivity contribution in [2.75, 3.05) is 4.90 Å². The molecular weight excluding hydrogens is 781 g/mol. The van der Waals surface area contributed by atoms with Gasteiger partial charge in [-0.3, -0.25) is 0 Å². The van der Waals surface area contributed by atoms with E-state index in [0.717, 1.165) is 106 Å². The minimum Gasteiger partial charge on any atom is -0.455 e. The van der Waals surface area contributed by atoms with Gasteiger partial charge in [0.1, 0.15) is 22.3 Å². The number of hydrogen-bond acceptors (Lipinski definition) is 3. The zero-order valence-electron chi connectivity index (χ0n) is 34.7. The number of aromatic nitrogens is 1. The van der Waals surface area contributed by atoms with Gasteiger partial charge in [-0.25, -0.2) is 0 Å². The van der Waals surface area contributed by atoms with E-state index in [0.29, 0.717) is 0 Å². The molecule has 4 nitrogen and oxygen atoms in total. The largest absolute Gasteiger partial charge is 0.455 e. The highest BCUT2D eigenvalue weighted by Crippen LogP contribution is 2.47. The second kappa shape index (κ2) is 14.5. The molecule has 0 amide bonds. The third kappa shape index (κ3) is 5.70. The Morgan fingerprint density at radius 3 is 1.50 bits per heavy atom. The first-order valence-corrected chi connectivity index (χ1v) is 21.7. The van der Waals surface area contributed by atoms with Crippen molar-refractivity contribution < 1.29 is 8.83 Å². The van der Waals surface area contributed by atoms with Gasteiger partial charge >= 0.3 is 0 Å². The molecule has 13 aromatic rings. The molecule has 0 atom stereocenters. The molecule has 0 aliphatic rings. The third-order valence-electron chi connectivity index (χ3n) is 12.8. The number of fused-ring (bicyclic) bond motifs is 9. The fourth-order valence-corrected chi connectivity index (χ4v) is 9.91. The molecule has 0 aliphatic carbocycles. The lowest BCUT2D eigenvalue weighted by molar-refractivity contribution is 0.670. The average molecular weight is 819 g/mol. The summed E-state index contributed by atoms with van der Waals surface area (Å²) >= 11 is 0. The number of rotatable bonds is 7. The Balaban J connectivity index is 1.13. The number of nitrogens with zero attached hydrogens (tertiary/aromatic N) is 2. The number of hydrogen-bond donors (Lipinski definition) is 0. The van der Waals surface area contributed by atoms with Gasteiger partial charge in [0.15, 0.2) is 0 Å². The predicted octanol–water partition coefficient (Wildman–Crippen LogP) is 17.1. The molecule has 0 unspecified atom stereocenters. The van der Waals surface area contributed by atoms with Crippen molar-refractivity contribution in [2.45, 2.75) is 0 Å². The van der Waals surface area contributed by atoms with Gasteiger partial charge in [-0.15, -0.1) is 0 Å². The highest BCUT2D eigenvalue weighted by Gasteiger charge is 2.23. The molecule has 0 fully saturated rings. The van der Waals surface area contributed by atoms with Crippen LogP contribution in [0.1, 0.15) is 0 Å².